The topological polar surface area (TPSA) is 42.7 Å². The van der Waals surface area contributed by atoms with Crippen molar-refractivity contribution >= 4 is 16.7 Å². The fourth-order valence-electron chi connectivity index (χ4n) is 3.69. The van der Waals surface area contributed by atoms with E-state index in [0.717, 1.165) is 34.5 Å². The summed E-state index contributed by atoms with van der Waals surface area (Å²) in [4.78, 5) is 14.9. The van der Waals surface area contributed by atoms with Crippen molar-refractivity contribution in [3.63, 3.8) is 0 Å². The first kappa shape index (κ1) is 16.7. The van der Waals surface area contributed by atoms with Crippen molar-refractivity contribution in [3.05, 3.63) is 57.9 Å². The lowest BCUT2D eigenvalue weighted by Gasteiger charge is -2.30. The molecule has 0 bridgehead atoms. The van der Waals surface area contributed by atoms with Crippen LogP contribution >= 0.6 is 0 Å². The van der Waals surface area contributed by atoms with Gasteiger partial charge in [0.25, 0.3) is 0 Å². The Balaban J connectivity index is 2.06. The minimum Gasteiger partial charge on any atom is -0.497 e. The number of methoxy groups -OCH3 is 1. The lowest BCUT2D eigenvalue weighted by molar-refractivity contribution is 0.414. The third-order valence-corrected chi connectivity index (χ3v) is 5.12. The first-order chi connectivity index (χ1) is 12.3. The summed E-state index contributed by atoms with van der Waals surface area (Å²) in [5, 5.41) is 0.982. The lowest BCUT2D eigenvalue weighted by atomic mass is 9.85. The van der Waals surface area contributed by atoms with Crippen molar-refractivity contribution in [2.45, 2.75) is 32.7 Å². The van der Waals surface area contributed by atoms with Gasteiger partial charge in [-0.1, -0.05) is 32.9 Å². The van der Waals surface area contributed by atoms with Crippen molar-refractivity contribution in [1.29, 1.82) is 0 Å². The Kier molecular flexibility index (Phi) is 3.62. The largest absolute Gasteiger partial charge is 0.497 e. The number of ether oxygens (including phenoxy) is 1. The lowest BCUT2D eigenvalue weighted by Crippen LogP contribution is -2.25. The van der Waals surface area contributed by atoms with Crippen molar-refractivity contribution in [3.8, 4) is 16.9 Å². The van der Waals surface area contributed by atoms with E-state index in [1.165, 1.54) is 5.56 Å². The van der Waals surface area contributed by atoms with Crippen molar-refractivity contribution in [2.24, 2.45) is 0 Å². The van der Waals surface area contributed by atoms with E-state index < -0.39 is 0 Å². The Hall–Kier alpha value is -2.75. The zero-order chi connectivity index (χ0) is 18.6. The van der Waals surface area contributed by atoms with E-state index in [1.807, 2.05) is 37.4 Å². The molecule has 0 fully saturated rings. The predicted molar refractivity (Wildman–Crippen MR) is 105 cm³/mol. The van der Waals surface area contributed by atoms with E-state index in [1.54, 1.807) is 7.11 Å². The van der Waals surface area contributed by atoms with Gasteiger partial charge in [0.05, 0.1) is 18.4 Å². The van der Waals surface area contributed by atoms with Crippen molar-refractivity contribution < 1.29 is 9.15 Å². The predicted octanol–water partition coefficient (Wildman–Crippen LogP) is 4.72. The van der Waals surface area contributed by atoms with Gasteiger partial charge in [0.15, 0.2) is 0 Å². The summed E-state index contributed by atoms with van der Waals surface area (Å²) in [5.41, 5.74) is 5.15. The van der Waals surface area contributed by atoms with Crippen LogP contribution in [0.15, 0.2) is 45.6 Å². The molecule has 2 heterocycles. The fourth-order valence-corrected chi connectivity index (χ4v) is 3.69. The average molecular weight is 349 g/mol. The quantitative estimate of drug-likeness (QED) is 0.597. The van der Waals surface area contributed by atoms with Crippen LogP contribution in [0.25, 0.3) is 22.1 Å². The van der Waals surface area contributed by atoms with E-state index in [0.29, 0.717) is 11.1 Å². The maximum atomic E-state index is 12.8. The summed E-state index contributed by atoms with van der Waals surface area (Å²) in [7, 11) is 3.67. The highest BCUT2D eigenvalue weighted by atomic mass is 16.5. The van der Waals surface area contributed by atoms with Crippen LogP contribution in [-0.4, -0.2) is 14.2 Å². The third kappa shape index (κ3) is 2.48. The van der Waals surface area contributed by atoms with Gasteiger partial charge in [0, 0.05) is 19.0 Å². The van der Waals surface area contributed by atoms with Crippen LogP contribution in [0.1, 0.15) is 31.9 Å². The summed E-state index contributed by atoms with van der Waals surface area (Å²) in [5.74, 6) is 0.792. The standard InChI is InChI=1S/C22H23NO3/c1-22(2,3)14-6-9-18-17(11-14)20-19(21(24)26-18)16-8-7-15(25-5)10-13(16)12-23(20)4/h6-11H,12H2,1-5H3. The van der Waals surface area contributed by atoms with Gasteiger partial charge in [0.2, 0.25) is 0 Å². The molecule has 0 unspecified atom stereocenters. The first-order valence-corrected chi connectivity index (χ1v) is 8.79. The number of nitrogens with zero attached hydrogens (tertiary/aromatic N) is 1. The molecule has 4 nitrogen and oxygen atoms in total. The maximum Gasteiger partial charge on any atom is 0.346 e. The summed E-state index contributed by atoms with van der Waals surface area (Å²) in [6.07, 6.45) is 0. The van der Waals surface area contributed by atoms with Gasteiger partial charge in [-0.15, -0.1) is 0 Å². The summed E-state index contributed by atoms with van der Waals surface area (Å²) < 4.78 is 11.0. The van der Waals surface area contributed by atoms with Crippen molar-refractivity contribution in [2.75, 3.05) is 19.1 Å². The Morgan fingerprint density at radius 3 is 2.58 bits per heavy atom. The normalized spacial score (nSPS) is 13.5. The highest BCUT2D eigenvalue weighted by Gasteiger charge is 2.27. The molecule has 134 valence electrons. The van der Waals surface area contributed by atoms with E-state index in [9.17, 15) is 4.79 Å². The van der Waals surface area contributed by atoms with Gasteiger partial charge in [-0.2, -0.15) is 0 Å². The van der Waals surface area contributed by atoms with Crippen LogP contribution in [0.2, 0.25) is 0 Å². The van der Waals surface area contributed by atoms with E-state index in [-0.39, 0.29) is 11.0 Å². The average Bonchev–Trinajstić information content (AvgIpc) is 2.59. The van der Waals surface area contributed by atoms with Gasteiger partial charge >= 0.3 is 5.63 Å². The van der Waals surface area contributed by atoms with E-state index >= 15 is 0 Å². The van der Waals surface area contributed by atoms with Crippen LogP contribution in [0.4, 0.5) is 5.69 Å². The molecule has 2 aromatic carbocycles. The smallest absolute Gasteiger partial charge is 0.346 e. The van der Waals surface area contributed by atoms with Crippen LogP contribution in [0.3, 0.4) is 0 Å². The molecule has 0 atom stereocenters. The maximum absolute atomic E-state index is 12.8. The molecular formula is C22H23NO3. The second-order valence-corrected chi connectivity index (χ2v) is 7.95. The van der Waals surface area contributed by atoms with Gasteiger partial charge < -0.3 is 14.1 Å². The fraction of sp³-hybridized carbons (Fsp3) is 0.318. The van der Waals surface area contributed by atoms with Crippen LogP contribution in [0.5, 0.6) is 5.75 Å². The van der Waals surface area contributed by atoms with Crippen molar-refractivity contribution in [1.82, 2.24) is 0 Å². The molecule has 4 heteroatoms. The molecule has 0 N–H and O–H groups in total. The first-order valence-electron chi connectivity index (χ1n) is 8.79. The second kappa shape index (κ2) is 5.63. The van der Waals surface area contributed by atoms with Crippen LogP contribution in [0, 0.1) is 0 Å². The van der Waals surface area contributed by atoms with Gasteiger partial charge in [-0.05, 0) is 46.4 Å². The molecule has 0 saturated carbocycles. The molecule has 0 aliphatic carbocycles. The zero-order valence-electron chi connectivity index (χ0n) is 15.8. The Morgan fingerprint density at radius 1 is 1.12 bits per heavy atom. The summed E-state index contributed by atoms with van der Waals surface area (Å²) >= 11 is 0. The monoisotopic (exact) mass is 349 g/mol. The molecule has 0 radical (unpaired) electrons. The highest BCUT2D eigenvalue weighted by Crippen LogP contribution is 2.42. The summed E-state index contributed by atoms with van der Waals surface area (Å²) in [6.45, 7) is 7.28. The molecule has 1 aromatic heterocycles. The zero-order valence-corrected chi connectivity index (χ0v) is 15.8. The summed E-state index contributed by atoms with van der Waals surface area (Å²) in [6, 6.07) is 11.9. The molecular weight excluding hydrogens is 326 g/mol. The molecule has 0 spiro atoms. The number of rotatable bonds is 1. The minimum absolute atomic E-state index is 0.0235. The molecule has 0 amide bonds. The van der Waals surface area contributed by atoms with Crippen LogP contribution in [-0.2, 0) is 12.0 Å². The Labute approximate surface area is 153 Å². The Bertz CT molecular complexity index is 1070. The minimum atomic E-state index is -0.297. The second-order valence-electron chi connectivity index (χ2n) is 7.95. The SMILES string of the molecule is COc1ccc2c(c1)CN(C)c1c-2c(=O)oc2ccc(C(C)(C)C)cc12. The molecule has 1 aliphatic rings. The van der Waals surface area contributed by atoms with E-state index in [4.69, 9.17) is 9.15 Å². The number of fused-ring (bicyclic) bond motifs is 5. The third-order valence-electron chi connectivity index (χ3n) is 5.12. The van der Waals surface area contributed by atoms with E-state index in [2.05, 4.69) is 31.7 Å². The highest BCUT2D eigenvalue weighted by molar-refractivity contribution is 6.00. The molecule has 4 rings (SSSR count). The van der Waals surface area contributed by atoms with Gasteiger partial charge in [0.1, 0.15) is 11.3 Å². The number of hydrogen-bond donors (Lipinski definition) is 0. The van der Waals surface area contributed by atoms with Gasteiger partial charge in [-0.25, -0.2) is 4.79 Å². The number of anilines is 1. The van der Waals surface area contributed by atoms with Gasteiger partial charge in [-0.3, -0.25) is 0 Å². The van der Waals surface area contributed by atoms with Crippen LogP contribution < -0.4 is 15.3 Å². The molecule has 0 saturated heterocycles. The number of benzene rings is 2. The molecule has 3 aromatic rings. The Morgan fingerprint density at radius 2 is 1.88 bits per heavy atom. The molecule has 1 aliphatic heterocycles. The molecule has 26 heavy (non-hydrogen) atoms. The number of hydrogen-bond acceptors (Lipinski definition) is 4.